The van der Waals surface area contributed by atoms with Crippen molar-refractivity contribution in [3.05, 3.63) is 24.3 Å². The molecule has 0 aliphatic heterocycles. The minimum absolute atomic E-state index is 0.0509. The summed E-state index contributed by atoms with van der Waals surface area (Å²) in [5, 5.41) is 0. The van der Waals surface area contributed by atoms with Gasteiger partial charge in [-0.3, -0.25) is 10.2 Å². The number of amides is 1. The Kier molecular flexibility index (Phi) is 5.05. The lowest BCUT2D eigenvalue weighted by atomic mass is 9.49. The summed E-state index contributed by atoms with van der Waals surface area (Å²) in [6, 6.07) is 4.00. The van der Waals surface area contributed by atoms with Crippen LogP contribution in [-0.4, -0.2) is 20.7 Å². The number of ether oxygens (including phenoxy) is 1. The monoisotopic (exact) mass is 432 g/mol. The molecule has 6 nitrogen and oxygen atoms in total. The van der Waals surface area contributed by atoms with Crippen LogP contribution in [0.5, 0.6) is 5.75 Å². The molecular weight excluding hydrogens is 409 g/mol. The smallest absolute Gasteiger partial charge is 0.406 e. The summed E-state index contributed by atoms with van der Waals surface area (Å²) >= 11 is 0. The van der Waals surface area contributed by atoms with Gasteiger partial charge in [-0.15, -0.1) is 18.0 Å². The number of nitrogens with one attached hydrogen (secondary N) is 2. The molecule has 2 N–H and O–H groups in total. The van der Waals surface area contributed by atoms with Gasteiger partial charge in [-0.1, -0.05) is 6.07 Å². The normalized spacial score (nSPS) is 30.9. The van der Waals surface area contributed by atoms with Crippen molar-refractivity contribution < 1.29 is 31.1 Å². The number of carbonyl (C=O) groups is 1. The van der Waals surface area contributed by atoms with Crippen molar-refractivity contribution in [2.24, 2.45) is 23.2 Å². The molecule has 0 saturated heterocycles. The van der Waals surface area contributed by atoms with Gasteiger partial charge in [0.2, 0.25) is 5.91 Å². The summed E-state index contributed by atoms with van der Waals surface area (Å²) in [4.78, 5) is 14.0. The molecule has 5 rings (SSSR count). The SMILES string of the molecule is O=C(CC12CC3CC(CC(C3)C1)C2)NNS(=O)(=O)c1cccc(OC(F)(F)F)c1. The first kappa shape index (κ1) is 20.5. The third-order valence-corrected chi connectivity index (χ3v) is 7.62. The van der Waals surface area contributed by atoms with E-state index in [9.17, 15) is 26.4 Å². The van der Waals surface area contributed by atoms with Crippen LogP contribution in [0, 0.1) is 23.2 Å². The van der Waals surface area contributed by atoms with E-state index in [1.54, 1.807) is 0 Å². The molecular formula is C19H23F3N2O4S. The Bertz CT molecular complexity index is 866. The Morgan fingerprint density at radius 1 is 1.10 bits per heavy atom. The highest BCUT2D eigenvalue weighted by molar-refractivity contribution is 7.89. The van der Waals surface area contributed by atoms with E-state index in [1.807, 2.05) is 4.83 Å². The summed E-state index contributed by atoms with van der Waals surface area (Å²) in [5.41, 5.74) is 2.17. The summed E-state index contributed by atoms with van der Waals surface area (Å²) in [6.45, 7) is 0. The Labute approximate surface area is 167 Å². The zero-order valence-corrected chi connectivity index (χ0v) is 16.5. The second-order valence-corrected chi connectivity index (χ2v) is 10.5. The summed E-state index contributed by atoms with van der Waals surface area (Å²) in [5.74, 6) is 0.935. The molecule has 1 aromatic rings. The van der Waals surface area contributed by atoms with E-state index >= 15 is 0 Å². The van der Waals surface area contributed by atoms with Gasteiger partial charge in [0, 0.05) is 12.5 Å². The van der Waals surface area contributed by atoms with Gasteiger partial charge in [0.25, 0.3) is 10.0 Å². The van der Waals surface area contributed by atoms with Crippen LogP contribution in [0.1, 0.15) is 44.9 Å². The number of carbonyl (C=O) groups excluding carboxylic acids is 1. The van der Waals surface area contributed by atoms with Crippen molar-refractivity contribution in [1.29, 1.82) is 0 Å². The van der Waals surface area contributed by atoms with E-state index in [2.05, 4.69) is 10.2 Å². The molecule has 0 spiro atoms. The number of alkyl halides is 3. The zero-order chi connectivity index (χ0) is 20.9. The Balaban J connectivity index is 1.37. The largest absolute Gasteiger partial charge is 0.573 e. The van der Waals surface area contributed by atoms with Gasteiger partial charge in [0.1, 0.15) is 5.75 Å². The number of hydrazine groups is 1. The fourth-order valence-electron chi connectivity index (χ4n) is 5.91. The number of halogens is 3. The molecule has 10 heteroatoms. The van der Waals surface area contributed by atoms with Crippen LogP contribution in [0.25, 0.3) is 0 Å². The van der Waals surface area contributed by atoms with Gasteiger partial charge < -0.3 is 4.74 Å². The van der Waals surface area contributed by atoms with Crippen molar-refractivity contribution in [2.45, 2.75) is 56.2 Å². The fourth-order valence-corrected chi connectivity index (χ4v) is 6.81. The molecule has 0 aromatic heterocycles. The molecule has 1 aromatic carbocycles. The van der Waals surface area contributed by atoms with E-state index in [0.29, 0.717) is 17.8 Å². The van der Waals surface area contributed by atoms with Gasteiger partial charge in [0.05, 0.1) is 4.90 Å². The third-order valence-electron chi connectivity index (χ3n) is 6.37. The van der Waals surface area contributed by atoms with Crippen LogP contribution in [-0.2, 0) is 14.8 Å². The van der Waals surface area contributed by atoms with Crippen LogP contribution < -0.4 is 15.0 Å². The van der Waals surface area contributed by atoms with Gasteiger partial charge in [-0.2, -0.15) is 0 Å². The number of benzene rings is 1. The molecule has 0 heterocycles. The molecule has 29 heavy (non-hydrogen) atoms. The number of hydrogen-bond acceptors (Lipinski definition) is 4. The highest BCUT2D eigenvalue weighted by Gasteiger charge is 2.51. The summed E-state index contributed by atoms with van der Waals surface area (Å²) < 4.78 is 65.5. The van der Waals surface area contributed by atoms with Gasteiger partial charge in [-0.25, -0.2) is 8.42 Å². The lowest BCUT2D eigenvalue weighted by molar-refractivity contribution is -0.274. The second kappa shape index (κ2) is 7.16. The predicted molar refractivity (Wildman–Crippen MR) is 96.8 cm³/mol. The molecule has 4 saturated carbocycles. The highest BCUT2D eigenvalue weighted by Crippen LogP contribution is 2.61. The number of rotatable bonds is 6. The molecule has 0 unspecified atom stereocenters. The lowest BCUT2D eigenvalue weighted by Crippen LogP contribution is -2.50. The maximum Gasteiger partial charge on any atom is 0.573 e. The second-order valence-electron chi connectivity index (χ2n) is 8.77. The van der Waals surface area contributed by atoms with Gasteiger partial charge in [0.15, 0.2) is 0 Å². The summed E-state index contributed by atoms with van der Waals surface area (Å²) in [7, 11) is -4.23. The van der Waals surface area contributed by atoms with Crippen molar-refractivity contribution >= 4 is 15.9 Å². The van der Waals surface area contributed by atoms with E-state index < -0.39 is 32.9 Å². The van der Waals surface area contributed by atoms with E-state index in [1.165, 1.54) is 19.3 Å². The van der Waals surface area contributed by atoms with E-state index in [0.717, 1.165) is 43.5 Å². The first-order valence-electron chi connectivity index (χ1n) is 9.68. The van der Waals surface area contributed by atoms with E-state index in [4.69, 9.17) is 0 Å². The van der Waals surface area contributed by atoms with Crippen LogP contribution in [0.15, 0.2) is 29.2 Å². The maximum atomic E-state index is 12.4. The van der Waals surface area contributed by atoms with Gasteiger partial charge in [-0.05, 0) is 73.8 Å². The standard InChI is InChI=1S/C19H23F3N2O4S/c20-19(21,22)28-15-2-1-3-16(7-15)29(26,27)24-23-17(25)11-18-8-12-4-13(9-18)6-14(5-12)10-18/h1-3,7,12-14,24H,4-6,8-11H2,(H,23,25). The van der Waals surface area contributed by atoms with E-state index in [-0.39, 0.29) is 11.8 Å². The average Bonchev–Trinajstić information content (AvgIpc) is 2.57. The zero-order valence-electron chi connectivity index (χ0n) is 15.7. The number of hydrogen-bond donors (Lipinski definition) is 2. The lowest BCUT2D eigenvalue weighted by Gasteiger charge is -2.56. The fraction of sp³-hybridized carbons (Fsp3) is 0.632. The molecule has 0 radical (unpaired) electrons. The van der Waals surface area contributed by atoms with Crippen molar-refractivity contribution in [3.63, 3.8) is 0 Å². The van der Waals surface area contributed by atoms with Gasteiger partial charge >= 0.3 is 6.36 Å². The first-order valence-corrected chi connectivity index (χ1v) is 11.2. The third kappa shape index (κ3) is 4.69. The molecule has 4 fully saturated rings. The number of sulfonamides is 1. The van der Waals surface area contributed by atoms with Crippen molar-refractivity contribution in [1.82, 2.24) is 10.3 Å². The Morgan fingerprint density at radius 2 is 1.69 bits per heavy atom. The quantitative estimate of drug-likeness (QED) is 0.674. The molecule has 160 valence electrons. The molecule has 0 atom stereocenters. The van der Waals surface area contributed by atoms with Crippen LogP contribution in [0.4, 0.5) is 13.2 Å². The topological polar surface area (TPSA) is 84.5 Å². The average molecular weight is 432 g/mol. The Hall–Kier alpha value is -1.81. The molecule has 1 amide bonds. The molecule has 4 aliphatic rings. The predicted octanol–water partition coefficient (Wildman–Crippen LogP) is 3.50. The maximum absolute atomic E-state index is 12.4. The van der Waals surface area contributed by atoms with Crippen LogP contribution >= 0.6 is 0 Å². The van der Waals surface area contributed by atoms with Crippen LogP contribution in [0.2, 0.25) is 0 Å². The summed E-state index contributed by atoms with van der Waals surface area (Å²) in [6.07, 6.45) is 2.08. The molecule has 4 bridgehead atoms. The molecule has 4 aliphatic carbocycles. The van der Waals surface area contributed by atoms with Crippen LogP contribution in [0.3, 0.4) is 0 Å². The highest BCUT2D eigenvalue weighted by atomic mass is 32.2. The minimum atomic E-state index is -4.93. The first-order chi connectivity index (χ1) is 13.5. The minimum Gasteiger partial charge on any atom is -0.406 e. The Morgan fingerprint density at radius 3 is 2.24 bits per heavy atom. The van der Waals surface area contributed by atoms with Crippen molar-refractivity contribution in [3.8, 4) is 5.75 Å². The van der Waals surface area contributed by atoms with Crippen molar-refractivity contribution in [2.75, 3.05) is 0 Å².